The third-order valence-electron chi connectivity index (χ3n) is 7.51. The Hall–Kier alpha value is -2.20. The average Bonchev–Trinajstić information content (AvgIpc) is 3.23. The molecular weight excluding hydrogens is 452 g/mol. The predicted molar refractivity (Wildman–Crippen MR) is 146 cm³/mol. The molecule has 2 aromatic carbocycles. The quantitative estimate of drug-likeness (QED) is 0.387. The van der Waals surface area contributed by atoms with Crippen LogP contribution in [0.4, 0.5) is 0 Å². The first-order chi connectivity index (χ1) is 16.3. The maximum atomic E-state index is 12.8. The SMILES string of the molecule is CN1CCC[C@H]1c1cnc(Cl)cc1C(O)(c1ccc(C(C)(C)C)cc1)c1ccc(C(C)(C)C)cc1. The molecule has 0 unspecified atom stereocenters. The first kappa shape index (κ1) is 25.9. The van der Waals surface area contributed by atoms with Crippen molar-refractivity contribution in [2.75, 3.05) is 13.6 Å². The molecule has 186 valence electrons. The highest BCUT2D eigenvalue weighted by Gasteiger charge is 2.39. The van der Waals surface area contributed by atoms with E-state index in [0.717, 1.165) is 41.6 Å². The van der Waals surface area contributed by atoms with Gasteiger partial charge >= 0.3 is 0 Å². The molecule has 1 N–H and O–H groups in total. The van der Waals surface area contributed by atoms with Crippen LogP contribution in [0.1, 0.15) is 93.8 Å². The van der Waals surface area contributed by atoms with Crippen LogP contribution in [0.3, 0.4) is 0 Å². The summed E-state index contributed by atoms with van der Waals surface area (Å²) in [7, 11) is 2.14. The lowest BCUT2D eigenvalue weighted by Crippen LogP contribution is -2.32. The Labute approximate surface area is 216 Å². The van der Waals surface area contributed by atoms with Gasteiger partial charge in [0.25, 0.3) is 0 Å². The van der Waals surface area contributed by atoms with Gasteiger partial charge in [0, 0.05) is 17.8 Å². The summed E-state index contributed by atoms with van der Waals surface area (Å²) in [6.45, 7) is 14.3. The number of benzene rings is 2. The highest BCUT2D eigenvalue weighted by Crippen LogP contribution is 2.44. The largest absolute Gasteiger partial charge is 0.376 e. The van der Waals surface area contributed by atoms with Crippen LogP contribution in [-0.4, -0.2) is 28.6 Å². The van der Waals surface area contributed by atoms with E-state index in [2.05, 4.69) is 107 Å². The first-order valence-corrected chi connectivity index (χ1v) is 13.0. The summed E-state index contributed by atoms with van der Waals surface area (Å²) in [5.74, 6) is 0. The fraction of sp³-hybridized carbons (Fsp3) is 0.452. The Kier molecular flexibility index (Phi) is 6.91. The molecule has 4 rings (SSSR count). The minimum atomic E-state index is -1.36. The number of aromatic nitrogens is 1. The zero-order valence-electron chi connectivity index (χ0n) is 22.2. The van der Waals surface area contributed by atoms with Crippen LogP contribution in [0.25, 0.3) is 0 Å². The van der Waals surface area contributed by atoms with Gasteiger partial charge < -0.3 is 5.11 Å². The summed E-state index contributed by atoms with van der Waals surface area (Å²) < 4.78 is 0. The van der Waals surface area contributed by atoms with Crippen molar-refractivity contribution in [3.8, 4) is 0 Å². The number of hydrogen-bond acceptors (Lipinski definition) is 3. The van der Waals surface area contributed by atoms with E-state index in [1.807, 2.05) is 12.3 Å². The molecule has 35 heavy (non-hydrogen) atoms. The Bertz CT molecular complexity index is 1110. The summed E-state index contributed by atoms with van der Waals surface area (Å²) in [6.07, 6.45) is 4.03. The Morgan fingerprint density at radius 3 is 1.69 bits per heavy atom. The normalized spacial score (nSPS) is 17.7. The number of nitrogens with zero attached hydrogens (tertiary/aromatic N) is 2. The second-order valence-corrected chi connectivity index (χ2v) is 12.5. The number of halogens is 1. The fourth-order valence-electron chi connectivity index (χ4n) is 5.22. The third kappa shape index (κ3) is 5.05. The van der Waals surface area contributed by atoms with Crippen molar-refractivity contribution in [3.05, 3.63) is 99.3 Å². The van der Waals surface area contributed by atoms with Gasteiger partial charge in [-0.3, -0.25) is 4.90 Å². The fourth-order valence-corrected chi connectivity index (χ4v) is 5.38. The molecule has 0 spiro atoms. The van der Waals surface area contributed by atoms with Crippen molar-refractivity contribution < 1.29 is 5.11 Å². The second kappa shape index (κ2) is 9.35. The molecule has 0 radical (unpaired) electrons. The van der Waals surface area contributed by atoms with E-state index in [4.69, 9.17) is 11.6 Å². The molecule has 3 nitrogen and oxygen atoms in total. The number of hydrogen-bond donors (Lipinski definition) is 1. The van der Waals surface area contributed by atoms with E-state index in [9.17, 15) is 5.11 Å². The van der Waals surface area contributed by atoms with E-state index in [1.165, 1.54) is 11.1 Å². The molecule has 0 bridgehead atoms. The van der Waals surface area contributed by atoms with Gasteiger partial charge in [0.05, 0.1) is 0 Å². The lowest BCUT2D eigenvalue weighted by atomic mass is 9.75. The van der Waals surface area contributed by atoms with Gasteiger partial charge in [-0.15, -0.1) is 0 Å². The molecule has 3 aromatic rings. The topological polar surface area (TPSA) is 36.4 Å². The molecule has 0 saturated carbocycles. The molecule has 1 aliphatic rings. The molecule has 0 amide bonds. The molecule has 2 heterocycles. The number of likely N-dealkylation sites (tertiary alicyclic amines) is 1. The number of aliphatic hydroxyl groups is 1. The van der Waals surface area contributed by atoms with Crippen LogP contribution >= 0.6 is 11.6 Å². The average molecular weight is 491 g/mol. The highest BCUT2D eigenvalue weighted by molar-refractivity contribution is 6.29. The van der Waals surface area contributed by atoms with Crippen molar-refractivity contribution in [1.82, 2.24) is 9.88 Å². The maximum Gasteiger partial charge on any atom is 0.141 e. The summed E-state index contributed by atoms with van der Waals surface area (Å²) >= 11 is 6.48. The van der Waals surface area contributed by atoms with Crippen molar-refractivity contribution in [3.63, 3.8) is 0 Å². The lowest BCUT2D eigenvalue weighted by molar-refractivity contribution is 0.122. The predicted octanol–water partition coefficient (Wildman–Crippen LogP) is 7.38. The van der Waals surface area contributed by atoms with E-state index in [0.29, 0.717) is 5.15 Å². The molecule has 1 fully saturated rings. The van der Waals surface area contributed by atoms with Crippen LogP contribution in [0.2, 0.25) is 5.15 Å². The molecule has 0 aliphatic carbocycles. The number of pyridine rings is 1. The Balaban J connectivity index is 1.95. The molecule has 1 atom stereocenters. The number of rotatable bonds is 4. The van der Waals surface area contributed by atoms with Crippen LogP contribution in [0.5, 0.6) is 0 Å². The van der Waals surface area contributed by atoms with Gasteiger partial charge in [-0.2, -0.15) is 0 Å². The smallest absolute Gasteiger partial charge is 0.141 e. The zero-order valence-corrected chi connectivity index (χ0v) is 22.9. The minimum Gasteiger partial charge on any atom is -0.376 e. The van der Waals surface area contributed by atoms with Gasteiger partial charge in [0.2, 0.25) is 0 Å². The summed E-state index contributed by atoms with van der Waals surface area (Å²) in [4.78, 5) is 6.79. The van der Waals surface area contributed by atoms with Crippen molar-refractivity contribution in [2.24, 2.45) is 0 Å². The van der Waals surface area contributed by atoms with Gasteiger partial charge in [-0.05, 0) is 71.1 Å². The molecule has 4 heteroatoms. The highest BCUT2D eigenvalue weighted by atomic mass is 35.5. The van der Waals surface area contributed by atoms with E-state index in [1.54, 1.807) is 0 Å². The zero-order chi connectivity index (χ0) is 25.6. The standard InChI is InChI=1S/C31H39ClN2O/c1-29(2,3)21-10-14-23(15-11-21)31(35,24-16-12-22(13-17-24)30(4,5)6)26-19-28(32)33-20-25(26)27-9-8-18-34(27)7/h10-17,19-20,27,35H,8-9,18H2,1-7H3/t27-/m0/s1. The van der Waals surface area contributed by atoms with Gasteiger partial charge in [-0.1, -0.05) is 102 Å². The molecule has 1 saturated heterocycles. The van der Waals surface area contributed by atoms with Crippen molar-refractivity contribution in [1.29, 1.82) is 0 Å². The second-order valence-electron chi connectivity index (χ2n) is 12.1. The van der Waals surface area contributed by atoms with Crippen LogP contribution in [0, 0.1) is 0 Å². The van der Waals surface area contributed by atoms with E-state index >= 15 is 0 Å². The first-order valence-electron chi connectivity index (χ1n) is 12.6. The monoisotopic (exact) mass is 490 g/mol. The maximum absolute atomic E-state index is 12.8. The van der Waals surface area contributed by atoms with E-state index < -0.39 is 5.60 Å². The van der Waals surface area contributed by atoms with Crippen molar-refractivity contribution in [2.45, 2.75) is 76.9 Å². The van der Waals surface area contributed by atoms with Crippen LogP contribution in [-0.2, 0) is 16.4 Å². The Morgan fingerprint density at radius 1 is 0.829 bits per heavy atom. The lowest BCUT2D eigenvalue weighted by Gasteiger charge is -2.35. The van der Waals surface area contributed by atoms with Gasteiger partial charge in [0.15, 0.2) is 0 Å². The van der Waals surface area contributed by atoms with Crippen LogP contribution in [0.15, 0.2) is 60.8 Å². The molecule has 1 aliphatic heterocycles. The summed E-state index contributed by atoms with van der Waals surface area (Å²) in [6, 6.07) is 18.8. The molecular formula is C31H39ClN2O. The van der Waals surface area contributed by atoms with Crippen LogP contribution < -0.4 is 0 Å². The van der Waals surface area contributed by atoms with E-state index in [-0.39, 0.29) is 16.9 Å². The molecule has 1 aromatic heterocycles. The minimum absolute atomic E-state index is 0.0305. The Morgan fingerprint density at radius 2 is 1.29 bits per heavy atom. The summed E-state index contributed by atoms with van der Waals surface area (Å²) in [5, 5.41) is 13.1. The third-order valence-corrected chi connectivity index (χ3v) is 7.71. The van der Waals surface area contributed by atoms with Crippen molar-refractivity contribution >= 4 is 11.6 Å². The van der Waals surface area contributed by atoms with Gasteiger partial charge in [-0.25, -0.2) is 4.98 Å². The van der Waals surface area contributed by atoms with Gasteiger partial charge in [0.1, 0.15) is 10.8 Å². The summed E-state index contributed by atoms with van der Waals surface area (Å²) in [5.41, 5.74) is 4.67.